The number of aldehydes is 1. The molecular weight excluding hydrogens is 340 g/mol. The van der Waals surface area contributed by atoms with Gasteiger partial charge in [-0.3, -0.25) is 0 Å². The highest BCUT2D eigenvalue weighted by molar-refractivity contribution is 5.81. The number of aryl methyl sites for hydroxylation is 1. The Bertz CT molecular complexity index is 852. The minimum atomic E-state index is 0.201. The van der Waals surface area contributed by atoms with Crippen LogP contribution in [0.4, 0.5) is 0 Å². The molecule has 0 amide bonds. The maximum absolute atomic E-state index is 11.3. The van der Waals surface area contributed by atoms with Crippen molar-refractivity contribution < 1.29 is 19.4 Å². The molecule has 3 rings (SSSR count). The lowest BCUT2D eigenvalue weighted by molar-refractivity contribution is -0.107. The van der Waals surface area contributed by atoms with Crippen molar-refractivity contribution in [3.8, 4) is 28.4 Å². The summed E-state index contributed by atoms with van der Waals surface area (Å²) in [6.07, 6.45) is 10.4. The van der Waals surface area contributed by atoms with Crippen LogP contribution in [-0.4, -0.2) is 25.6 Å². The largest absolute Gasteiger partial charge is 0.507 e. The van der Waals surface area contributed by atoms with Gasteiger partial charge in [-0.05, 0) is 61.4 Å². The molecule has 0 aromatic heterocycles. The lowest BCUT2D eigenvalue weighted by atomic mass is 9.91. The van der Waals surface area contributed by atoms with E-state index in [4.69, 9.17) is 9.47 Å². The second-order valence-electron chi connectivity index (χ2n) is 6.77. The van der Waals surface area contributed by atoms with Crippen molar-refractivity contribution in [2.45, 2.75) is 38.5 Å². The molecular formula is C23H26O4. The zero-order valence-corrected chi connectivity index (χ0v) is 16.0. The predicted octanol–water partition coefficient (Wildman–Crippen LogP) is 4.64. The number of benzene rings is 2. The molecule has 0 atom stereocenters. The Morgan fingerprint density at radius 1 is 1.04 bits per heavy atom. The molecule has 0 heterocycles. The van der Waals surface area contributed by atoms with E-state index in [-0.39, 0.29) is 12.2 Å². The lowest BCUT2D eigenvalue weighted by Gasteiger charge is -2.20. The number of ether oxygens (including phenoxy) is 2. The first kappa shape index (κ1) is 19.0. The van der Waals surface area contributed by atoms with E-state index in [2.05, 4.69) is 12.2 Å². The number of hydrogen-bond donors (Lipinski definition) is 1. The molecule has 1 aliphatic rings. The van der Waals surface area contributed by atoms with Crippen LogP contribution in [0, 0.1) is 0 Å². The molecule has 0 spiro atoms. The van der Waals surface area contributed by atoms with Crippen LogP contribution in [-0.2, 0) is 24.1 Å². The van der Waals surface area contributed by atoms with E-state index in [9.17, 15) is 9.90 Å². The standard InChI is InChI=1S/C23H26O4/c1-26-22-18(12-13-24)17-9-7-5-3-4-6-8-16-10-11-21(25)19(14-16)20(15-17)23(22)27-2/h4,6,10-11,13-15,25H,3,5,7-9,12H2,1-2H3/b6-4+. The van der Waals surface area contributed by atoms with Gasteiger partial charge in [-0.15, -0.1) is 0 Å². The van der Waals surface area contributed by atoms with Crippen molar-refractivity contribution in [2.24, 2.45) is 0 Å². The lowest BCUT2D eigenvalue weighted by Crippen LogP contribution is -2.04. The van der Waals surface area contributed by atoms with E-state index in [1.807, 2.05) is 18.2 Å². The second kappa shape index (κ2) is 8.76. The van der Waals surface area contributed by atoms with Gasteiger partial charge >= 0.3 is 0 Å². The minimum absolute atomic E-state index is 0.201. The van der Waals surface area contributed by atoms with Gasteiger partial charge in [0.1, 0.15) is 12.0 Å². The van der Waals surface area contributed by atoms with E-state index in [1.165, 1.54) is 0 Å². The molecule has 0 radical (unpaired) electrons. The van der Waals surface area contributed by atoms with Gasteiger partial charge in [0, 0.05) is 23.1 Å². The molecule has 2 aromatic rings. The van der Waals surface area contributed by atoms with Crippen molar-refractivity contribution in [3.63, 3.8) is 0 Å². The molecule has 0 saturated heterocycles. The molecule has 4 bridgehead atoms. The fourth-order valence-corrected chi connectivity index (χ4v) is 3.72. The van der Waals surface area contributed by atoms with Gasteiger partial charge in [0.05, 0.1) is 14.2 Å². The van der Waals surface area contributed by atoms with Gasteiger partial charge in [-0.1, -0.05) is 18.2 Å². The Labute approximate surface area is 160 Å². The molecule has 2 aromatic carbocycles. The number of allylic oxidation sites excluding steroid dienone is 2. The summed E-state index contributed by atoms with van der Waals surface area (Å²) >= 11 is 0. The van der Waals surface area contributed by atoms with Gasteiger partial charge in [0.15, 0.2) is 11.5 Å². The zero-order valence-electron chi connectivity index (χ0n) is 16.0. The van der Waals surface area contributed by atoms with Crippen LogP contribution in [0.5, 0.6) is 17.2 Å². The monoisotopic (exact) mass is 366 g/mol. The third kappa shape index (κ3) is 4.00. The molecule has 27 heavy (non-hydrogen) atoms. The maximum atomic E-state index is 11.3. The highest BCUT2D eigenvalue weighted by atomic mass is 16.5. The summed E-state index contributed by atoms with van der Waals surface area (Å²) in [5.74, 6) is 1.33. The number of phenolic OH excluding ortho intramolecular Hbond substituents is 1. The molecule has 4 nitrogen and oxygen atoms in total. The minimum Gasteiger partial charge on any atom is -0.507 e. The first-order chi connectivity index (χ1) is 13.2. The summed E-state index contributed by atoms with van der Waals surface area (Å²) in [5.41, 5.74) is 4.57. The maximum Gasteiger partial charge on any atom is 0.168 e. The topological polar surface area (TPSA) is 55.8 Å². The summed E-state index contributed by atoms with van der Waals surface area (Å²) in [5, 5.41) is 10.5. The van der Waals surface area contributed by atoms with E-state index in [0.717, 1.165) is 60.6 Å². The number of phenols is 1. The first-order valence-corrected chi connectivity index (χ1v) is 9.37. The SMILES string of the molecule is COc1c2cc(c(CC=O)c1OC)CCCC/C=C/Cc1ccc(O)c-2c1. The van der Waals surface area contributed by atoms with Crippen LogP contribution in [0.15, 0.2) is 36.4 Å². The molecule has 1 aliphatic carbocycles. The number of hydrogen-bond acceptors (Lipinski definition) is 4. The van der Waals surface area contributed by atoms with E-state index in [1.54, 1.807) is 20.3 Å². The molecule has 4 heteroatoms. The fourth-order valence-electron chi connectivity index (χ4n) is 3.72. The molecule has 1 N–H and O–H groups in total. The third-order valence-electron chi connectivity index (χ3n) is 5.07. The molecule has 0 saturated carbocycles. The number of rotatable bonds is 4. The van der Waals surface area contributed by atoms with Gasteiger partial charge < -0.3 is 19.4 Å². The van der Waals surface area contributed by atoms with Gasteiger partial charge in [0.2, 0.25) is 0 Å². The number of methoxy groups -OCH3 is 2. The summed E-state index contributed by atoms with van der Waals surface area (Å²) in [7, 11) is 3.18. The quantitative estimate of drug-likeness (QED) is 0.632. The van der Waals surface area contributed by atoms with Crippen LogP contribution in [0.25, 0.3) is 11.1 Å². The van der Waals surface area contributed by atoms with Crippen molar-refractivity contribution in [1.82, 2.24) is 0 Å². The number of carbonyl (C=O) groups excluding carboxylic acids is 1. The average molecular weight is 366 g/mol. The van der Waals surface area contributed by atoms with Crippen molar-refractivity contribution in [3.05, 3.63) is 53.1 Å². The normalized spacial score (nSPS) is 15.0. The van der Waals surface area contributed by atoms with Crippen LogP contribution in [0.1, 0.15) is 36.0 Å². The van der Waals surface area contributed by atoms with Crippen molar-refractivity contribution in [1.29, 1.82) is 0 Å². The molecule has 0 aliphatic heterocycles. The summed E-state index contributed by atoms with van der Waals surface area (Å²) in [4.78, 5) is 11.3. The summed E-state index contributed by atoms with van der Waals surface area (Å²) < 4.78 is 11.3. The Morgan fingerprint density at radius 3 is 2.59 bits per heavy atom. The van der Waals surface area contributed by atoms with Gasteiger partial charge in [-0.25, -0.2) is 0 Å². The number of carbonyl (C=O) groups is 1. The highest BCUT2D eigenvalue weighted by Gasteiger charge is 2.22. The Balaban J connectivity index is 2.29. The van der Waals surface area contributed by atoms with Crippen LogP contribution >= 0.6 is 0 Å². The van der Waals surface area contributed by atoms with Gasteiger partial charge in [0.25, 0.3) is 0 Å². The van der Waals surface area contributed by atoms with Crippen LogP contribution in [0.3, 0.4) is 0 Å². The molecule has 0 unspecified atom stereocenters. The third-order valence-corrected chi connectivity index (χ3v) is 5.07. The van der Waals surface area contributed by atoms with Crippen LogP contribution < -0.4 is 9.47 Å². The number of aromatic hydroxyl groups is 1. The second-order valence-corrected chi connectivity index (χ2v) is 6.77. The molecule has 142 valence electrons. The van der Waals surface area contributed by atoms with Crippen molar-refractivity contribution >= 4 is 6.29 Å². The smallest absolute Gasteiger partial charge is 0.168 e. The molecule has 0 fully saturated rings. The first-order valence-electron chi connectivity index (χ1n) is 9.37. The van der Waals surface area contributed by atoms with Crippen molar-refractivity contribution in [2.75, 3.05) is 14.2 Å². The van der Waals surface area contributed by atoms with E-state index >= 15 is 0 Å². The summed E-state index contributed by atoms with van der Waals surface area (Å²) in [6.45, 7) is 0. The Morgan fingerprint density at radius 2 is 1.85 bits per heavy atom. The highest BCUT2D eigenvalue weighted by Crippen LogP contribution is 2.45. The zero-order chi connectivity index (χ0) is 19.2. The van der Waals surface area contributed by atoms with Crippen LogP contribution in [0.2, 0.25) is 0 Å². The van der Waals surface area contributed by atoms with E-state index < -0.39 is 0 Å². The fraction of sp³-hybridized carbons (Fsp3) is 0.348. The summed E-state index contributed by atoms with van der Waals surface area (Å²) in [6, 6.07) is 7.71. The van der Waals surface area contributed by atoms with E-state index in [0.29, 0.717) is 17.1 Å². The predicted molar refractivity (Wildman–Crippen MR) is 107 cm³/mol. The van der Waals surface area contributed by atoms with Gasteiger partial charge in [-0.2, -0.15) is 0 Å². The Kier molecular flexibility index (Phi) is 6.17. The average Bonchev–Trinajstić information content (AvgIpc) is 2.69. The number of fused-ring (bicyclic) bond motifs is 5. The Hall–Kier alpha value is -2.75.